The molecule has 20 heavy (non-hydrogen) atoms. The van der Waals surface area contributed by atoms with Gasteiger partial charge < -0.3 is 10.2 Å². The highest BCUT2D eigenvalue weighted by Crippen LogP contribution is 2.29. The van der Waals surface area contributed by atoms with Crippen molar-refractivity contribution < 1.29 is 0 Å². The molecule has 0 fully saturated rings. The Bertz CT molecular complexity index is 523. The number of aromatic nitrogens is 1. The summed E-state index contributed by atoms with van der Waals surface area (Å²) in [5.74, 6) is 0. The second-order valence-corrected chi connectivity index (χ2v) is 5.18. The number of benzene rings is 1. The number of nitrogens with zero attached hydrogens (tertiary/aromatic N) is 2. The van der Waals surface area contributed by atoms with Crippen LogP contribution in [0.15, 0.2) is 48.8 Å². The van der Waals surface area contributed by atoms with Gasteiger partial charge in [0, 0.05) is 20.3 Å². The maximum Gasteiger partial charge on any atom is 0.0769 e. The minimum Gasteiger partial charge on any atom is -0.376 e. The summed E-state index contributed by atoms with van der Waals surface area (Å²) < 4.78 is 0. The molecule has 0 amide bonds. The molecule has 1 aromatic heterocycles. The van der Waals surface area contributed by atoms with E-state index in [2.05, 4.69) is 66.6 Å². The van der Waals surface area contributed by atoms with E-state index < -0.39 is 0 Å². The van der Waals surface area contributed by atoms with Crippen LogP contribution in [0.4, 0.5) is 11.4 Å². The second kappa shape index (κ2) is 6.94. The van der Waals surface area contributed by atoms with E-state index >= 15 is 0 Å². The zero-order valence-electron chi connectivity index (χ0n) is 12.5. The van der Waals surface area contributed by atoms with Gasteiger partial charge in [0.05, 0.1) is 23.6 Å². The summed E-state index contributed by atoms with van der Waals surface area (Å²) in [6.45, 7) is 2.22. The van der Waals surface area contributed by atoms with E-state index in [0.717, 1.165) is 24.2 Å². The Kier molecular flexibility index (Phi) is 4.99. The van der Waals surface area contributed by atoms with Crippen LogP contribution in [0.1, 0.15) is 31.4 Å². The molecule has 1 unspecified atom stereocenters. The molecule has 1 aromatic carbocycles. The second-order valence-electron chi connectivity index (χ2n) is 5.18. The lowest BCUT2D eigenvalue weighted by atomic mass is 10.0. The van der Waals surface area contributed by atoms with Gasteiger partial charge in [0.25, 0.3) is 0 Å². The molecule has 106 valence electrons. The van der Waals surface area contributed by atoms with Crippen LogP contribution >= 0.6 is 0 Å². The van der Waals surface area contributed by atoms with Crippen LogP contribution in [0, 0.1) is 0 Å². The van der Waals surface area contributed by atoms with Gasteiger partial charge in [-0.15, -0.1) is 0 Å². The van der Waals surface area contributed by atoms with Crippen LogP contribution in [0.2, 0.25) is 0 Å². The summed E-state index contributed by atoms with van der Waals surface area (Å²) in [6, 6.07) is 13.0. The Hall–Kier alpha value is -2.03. The average molecular weight is 269 g/mol. The first-order valence-corrected chi connectivity index (χ1v) is 7.15. The van der Waals surface area contributed by atoms with Crippen molar-refractivity contribution in [3.63, 3.8) is 0 Å². The van der Waals surface area contributed by atoms with Gasteiger partial charge in [-0.2, -0.15) is 0 Å². The number of anilines is 2. The minimum absolute atomic E-state index is 0.323. The van der Waals surface area contributed by atoms with Crippen molar-refractivity contribution in [2.24, 2.45) is 0 Å². The number of rotatable bonds is 6. The molecule has 3 heteroatoms. The van der Waals surface area contributed by atoms with Gasteiger partial charge in [0.2, 0.25) is 0 Å². The molecule has 2 rings (SSSR count). The van der Waals surface area contributed by atoms with E-state index in [0.29, 0.717) is 6.04 Å². The zero-order chi connectivity index (χ0) is 14.4. The van der Waals surface area contributed by atoms with Crippen molar-refractivity contribution in [3.8, 4) is 0 Å². The fraction of sp³-hybridized carbons (Fsp3) is 0.353. The van der Waals surface area contributed by atoms with E-state index in [-0.39, 0.29) is 0 Å². The predicted molar refractivity (Wildman–Crippen MR) is 86.3 cm³/mol. The van der Waals surface area contributed by atoms with Gasteiger partial charge in [0.1, 0.15) is 0 Å². The van der Waals surface area contributed by atoms with Crippen molar-refractivity contribution in [1.29, 1.82) is 0 Å². The molecule has 0 saturated heterocycles. The first-order valence-electron chi connectivity index (χ1n) is 7.15. The summed E-state index contributed by atoms with van der Waals surface area (Å²) in [4.78, 5) is 6.35. The summed E-state index contributed by atoms with van der Waals surface area (Å²) in [6.07, 6.45) is 5.98. The fourth-order valence-electron chi connectivity index (χ4n) is 2.37. The number of nitrogens with one attached hydrogen (secondary N) is 1. The number of hydrogen-bond acceptors (Lipinski definition) is 3. The highest BCUT2D eigenvalue weighted by molar-refractivity contribution is 5.68. The van der Waals surface area contributed by atoms with Crippen LogP contribution in [-0.2, 0) is 0 Å². The Morgan fingerprint density at radius 3 is 2.55 bits per heavy atom. The highest BCUT2D eigenvalue weighted by atomic mass is 15.1. The largest absolute Gasteiger partial charge is 0.376 e. The summed E-state index contributed by atoms with van der Waals surface area (Å²) in [5.41, 5.74) is 3.57. The third-order valence-electron chi connectivity index (χ3n) is 3.39. The monoisotopic (exact) mass is 269 g/mol. The first-order chi connectivity index (χ1) is 9.72. The molecule has 3 nitrogen and oxygen atoms in total. The van der Waals surface area contributed by atoms with E-state index in [4.69, 9.17) is 0 Å². The van der Waals surface area contributed by atoms with Crippen molar-refractivity contribution in [3.05, 3.63) is 54.4 Å². The van der Waals surface area contributed by atoms with Gasteiger partial charge in [-0.1, -0.05) is 43.7 Å². The number of hydrogen-bond donors (Lipinski definition) is 1. The Labute approximate surface area is 121 Å². The molecule has 0 bridgehead atoms. The van der Waals surface area contributed by atoms with Gasteiger partial charge in [-0.25, -0.2) is 0 Å². The molecule has 2 aromatic rings. The first kappa shape index (κ1) is 14.4. The lowest BCUT2D eigenvalue weighted by molar-refractivity contribution is 0.677. The van der Waals surface area contributed by atoms with Crippen molar-refractivity contribution >= 4 is 11.4 Å². The smallest absolute Gasteiger partial charge is 0.0769 e. The van der Waals surface area contributed by atoms with E-state index in [9.17, 15) is 0 Å². The van der Waals surface area contributed by atoms with E-state index in [1.807, 2.05) is 18.5 Å². The Balaban J connectivity index is 2.25. The SMILES string of the molecule is CCCC(Nc1cnccc1N(C)C)c1ccccc1. The molecule has 0 aliphatic rings. The van der Waals surface area contributed by atoms with E-state index in [1.54, 1.807) is 0 Å². The fourth-order valence-corrected chi connectivity index (χ4v) is 2.37. The lowest BCUT2D eigenvalue weighted by Gasteiger charge is -2.24. The van der Waals surface area contributed by atoms with Crippen molar-refractivity contribution in [2.75, 3.05) is 24.3 Å². The van der Waals surface area contributed by atoms with Gasteiger partial charge in [0.15, 0.2) is 0 Å². The molecule has 1 heterocycles. The van der Waals surface area contributed by atoms with Crippen LogP contribution in [0.3, 0.4) is 0 Å². The summed E-state index contributed by atoms with van der Waals surface area (Å²) >= 11 is 0. The molecule has 1 N–H and O–H groups in total. The van der Waals surface area contributed by atoms with Crippen molar-refractivity contribution in [2.45, 2.75) is 25.8 Å². The average Bonchev–Trinajstić information content (AvgIpc) is 2.48. The summed E-state index contributed by atoms with van der Waals surface area (Å²) in [7, 11) is 4.11. The van der Waals surface area contributed by atoms with Crippen LogP contribution in [-0.4, -0.2) is 19.1 Å². The van der Waals surface area contributed by atoms with Crippen LogP contribution in [0.25, 0.3) is 0 Å². The van der Waals surface area contributed by atoms with Crippen LogP contribution in [0.5, 0.6) is 0 Å². The van der Waals surface area contributed by atoms with Crippen LogP contribution < -0.4 is 10.2 Å². The molecule has 0 aliphatic carbocycles. The zero-order valence-corrected chi connectivity index (χ0v) is 12.5. The molecule has 0 radical (unpaired) electrons. The maximum absolute atomic E-state index is 4.25. The van der Waals surface area contributed by atoms with Gasteiger partial charge in [-0.3, -0.25) is 4.98 Å². The molecule has 1 atom stereocenters. The molecule has 0 spiro atoms. The predicted octanol–water partition coefficient (Wildman–Crippen LogP) is 4.10. The highest BCUT2D eigenvalue weighted by Gasteiger charge is 2.13. The van der Waals surface area contributed by atoms with E-state index in [1.165, 1.54) is 5.56 Å². The molecule has 0 saturated carbocycles. The lowest BCUT2D eigenvalue weighted by Crippen LogP contribution is -2.16. The van der Waals surface area contributed by atoms with Gasteiger partial charge in [-0.05, 0) is 18.1 Å². The topological polar surface area (TPSA) is 28.2 Å². The molecular formula is C17H23N3. The molecule has 0 aliphatic heterocycles. The number of pyridine rings is 1. The Morgan fingerprint density at radius 1 is 1.15 bits per heavy atom. The third kappa shape index (κ3) is 3.50. The Morgan fingerprint density at radius 2 is 1.90 bits per heavy atom. The van der Waals surface area contributed by atoms with Crippen molar-refractivity contribution in [1.82, 2.24) is 4.98 Å². The minimum atomic E-state index is 0.323. The standard InChI is InChI=1S/C17H23N3/c1-4-8-15(14-9-6-5-7-10-14)19-16-13-18-12-11-17(16)20(2)3/h5-7,9-13,15,19H,4,8H2,1-3H3. The maximum atomic E-state index is 4.25. The molecular weight excluding hydrogens is 246 g/mol. The third-order valence-corrected chi connectivity index (χ3v) is 3.39. The van der Waals surface area contributed by atoms with Gasteiger partial charge >= 0.3 is 0 Å². The summed E-state index contributed by atoms with van der Waals surface area (Å²) in [5, 5.41) is 3.64. The normalized spacial score (nSPS) is 11.9. The quantitative estimate of drug-likeness (QED) is 0.855.